The third kappa shape index (κ3) is 11.6. The Bertz CT molecular complexity index is 200. The Hall–Kier alpha value is -0.360. The minimum Gasteiger partial charge on any atom is -0.481 e. The van der Waals surface area contributed by atoms with Crippen molar-refractivity contribution in [3.05, 3.63) is 0 Å². The number of thioether (sulfide) groups is 2. The molecule has 0 atom stereocenters. The largest absolute Gasteiger partial charge is 0.481 e. The van der Waals surface area contributed by atoms with Crippen LogP contribution in [0.5, 0.6) is 0 Å². The van der Waals surface area contributed by atoms with Crippen LogP contribution in [0.2, 0.25) is 0 Å². The van der Waals surface area contributed by atoms with Gasteiger partial charge in [0.1, 0.15) is 0 Å². The monoisotopic (exact) mass is 251 g/mol. The van der Waals surface area contributed by atoms with Gasteiger partial charge in [-0.05, 0) is 5.75 Å². The zero-order chi connectivity index (χ0) is 11.5. The average molecular weight is 251 g/mol. The van der Waals surface area contributed by atoms with Gasteiger partial charge < -0.3 is 10.4 Å². The summed E-state index contributed by atoms with van der Waals surface area (Å²) in [6.45, 7) is 2.61. The van der Waals surface area contributed by atoms with Crippen LogP contribution in [-0.4, -0.2) is 46.5 Å². The molecule has 0 aromatic rings. The fourth-order valence-electron chi connectivity index (χ4n) is 0.820. The first-order chi connectivity index (χ1) is 7.16. The fraction of sp³-hybridized carbons (Fsp3) is 0.778. The van der Waals surface area contributed by atoms with Crippen molar-refractivity contribution in [3.8, 4) is 0 Å². The van der Waals surface area contributed by atoms with Crippen molar-refractivity contribution in [1.29, 1.82) is 0 Å². The van der Waals surface area contributed by atoms with Crippen LogP contribution >= 0.6 is 23.5 Å². The second-order valence-electron chi connectivity index (χ2n) is 2.74. The molecule has 1 amide bonds. The van der Waals surface area contributed by atoms with E-state index in [0.29, 0.717) is 18.7 Å². The van der Waals surface area contributed by atoms with Gasteiger partial charge in [-0.3, -0.25) is 9.59 Å². The van der Waals surface area contributed by atoms with E-state index in [4.69, 9.17) is 5.11 Å². The molecule has 2 N–H and O–H groups in total. The zero-order valence-corrected chi connectivity index (χ0v) is 10.5. The first-order valence-electron chi connectivity index (χ1n) is 4.80. The van der Waals surface area contributed by atoms with E-state index < -0.39 is 5.97 Å². The summed E-state index contributed by atoms with van der Waals surface area (Å²) in [5, 5.41) is 11.1. The van der Waals surface area contributed by atoms with Crippen molar-refractivity contribution < 1.29 is 14.7 Å². The van der Waals surface area contributed by atoms with Crippen molar-refractivity contribution in [1.82, 2.24) is 5.32 Å². The number of carboxylic acid groups (broad SMARTS) is 1. The third-order valence-electron chi connectivity index (χ3n) is 1.47. The van der Waals surface area contributed by atoms with E-state index in [0.717, 1.165) is 11.5 Å². The lowest BCUT2D eigenvalue weighted by Gasteiger charge is -2.03. The van der Waals surface area contributed by atoms with Gasteiger partial charge in [0.15, 0.2) is 0 Å². The number of carbonyl (C=O) groups excluding carboxylic acids is 1. The molecule has 0 bridgehead atoms. The predicted molar refractivity (Wildman–Crippen MR) is 65.6 cm³/mol. The van der Waals surface area contributed by atoms with Gasteiger partial charge in [-0.25, -0.2) is 0 Å². The summed E-state index contributed by atoms with van der Waals surface area (Å²) in [5.74, 6) is 1.87. The van der Waals surface area contributed by atoms with Gasteiger partial charge in [0.05, 0.1) is 5.75 Å². The molecule has 0 saturated heterocycles. The maximum absolute atomic E-state index is 11.2. The molecular weight excluding hydrogens is 234 g/mol. The van der Waals surface area contributed by atoms with Gasteiger partial charge in [-0.2, -0.15) is 11.8 Å². The summed E-state index contributed by atoms with van der Waals surface area (Å²) < 4.78 is 0. The molecule has 0 fully saturated rings. The molecule has 0 heterocycles. The maximum atomic E-state index is 11.2. The average Bonchev–Trinajstić information content (AvgIpc) is 2.17. The molecular formula is C9H17NO3S2. The Morgan fingerprint density at radius 2 is 2.00 bits per heavy atom. The molecule has 0 spiro atoms. The van der Waals surface area contributed by atoms with Gasteiger partial charge in [0, 0.05) is 24.5 Å². The first kappa shape index (κ1) is 14.6. The van der Waals surface area contributed by atoms with Crippen molar-refractivity contribution in [2.75, 3.05) is 29.6 Å². The van der Waals surface area contributed by atoms with Crippen LogP contribution in [0.15, 0.2) is 0 Å². The molecule has 0 aliphatic carbocycles. The number of hydrogen-bond acceptors (Lipinski definition) is 4. The highest BCUT2D eigenvalue weighted by molar-refractivity contribution is 8.00. The van der Waals surface area contributed by atoms with Gasteiger partial charge in [-0.1, -0.05) is 6.92 Å². The SMILES string of the molecule is CCSCCC(=O)NCCSCC(=O)O. The molecule has 0 rings (SSSR count). The summed E-state index contributed by atoms with van der Waals surface area (Å²) in [6, 6.07) is 0. The zero-order valence-electron chi connectivity index (χ0n) is 8.82. The molecule has 4 nitrogen and oxygen atoms in total. The lowest BCUT2D eigenvalue weighted by Crippen LogP contribution is -2.26. The molecule has 0 aromatic carbocycles. The minimum atomic E-state index is -0.814. The van der Waals surface area contributed by atoms with Gasteiger partial charge in [0.25, 0.3) is 0 Å². The van der Waals surface area contributed by atoms with Crippen molar-refractivity contribution in [2.45, 2.75) is 13.3 Å². The molecule has 6 heteroatoms. The van der Waals surface area contributed by atoms with E-state index in [1.165, 1.54) is 11.8 Å². The van der Waals surface area contributed by atoms with Crippen LogP contribution in [0.3, 0.4) is 0 Å². The van der Waals surface area contributed by atoms with Crippen molar-refractivity contribution in [3.63, 3.8) is 0 Å². The Morgan fingerprint density at radius 1 is 1.27 bits per heavy atom. The summed E-state index contributed by atoms with van der Waals surface area (Å²) in [6.07, 6.45) is 0.544. The highest BCUT2D eigenvalue weighted by atomic mass is 32.2. The normalized spacial score (nSPS) is 9.93. The van der Waals surface area contributed by atoms with Crippen LogP contribution in [0.25, 0.3) is 0 Å². The van der Waals surface area contributed by atoms with Crippen molar-refractivity contribution >= 4 is 35.4 Å². The summed E-state index contributed by atoms with van der Waals surface area (Å²) in [5.41, 5.74) is 0. The van der Waals surface area contributed by atoms with E-state index in [2.05, 4.69) is 12.2 Å². The lowest BCUT2D eigenvalue weighted by molar-refractivity contribution is -0.133. The van der Waals surface area contributed by atoms with Crippen LogP contribution in [0.1, 0.15) is 13.3 Å². The Labute approximate surface area is 98.6 Å². The minimum absolute atomic E-state index is 0.0480. The molecule has 0 aliphatic rings. The third-order valence-corrected chi connectivity index (χ3v) is 3.32. The number of carboxylic acids is 1. The Balaban J connectivity index is 3.20. The van der Waals surface area contributed by atoms with E-state index >= 15 is 0 Å². The van der Waals surface area contributed by atoms with Crippen LogP contribution < -0.4 is 5.32 Å². The Kier molecular flexibility index (Phi) is 9.92. The number of nitrogens with one attached hydrogen (secondary N) is 1. The Morgan fingerprint density at radius 3 is 2.60 bits per heavy atom. The number of carbonyl (C=O) groups is 2. The number of rotatable bonds is 9. The van der Waals surface area contributed by atoms with E-state index in [1.54, 1.807) is 11.8 Å². The molecule has 88 valence electrons. The van der Waals surface area contributed by atoms with Gasteiger partial charge in [0.2, 0.25) is 5.91 Å². The molecule has 0 aliphatic heterocycles. The van der Waals surface area contributed by atoms with E-state index in [1.807, 2.05) is 0 Å². The van der Waals surface area contributed by atoms with Gasteiger partial charge in [-0.15, -0.1) is 11.8 Å². The summed E-state index contributed by atoms with van der Waals surface area (Å²) >= 11 is 3.05. The smallest absolute Gasteiger partial charge is 0.313 e. The quantitative estimate of drug-likeness (QED) is 0.600. The van der Waals surface area contributed by atoms with Gasteiger partial charge >= 0.3 is 5.97 Å². The van der Waals surface area contributed by atoms with Crippen LogP contribution in [0.4, 0.5) is 0 Å². The number of hydrogen-bond donors (Lipinski definition) is 2. The first-order valence-corrected chi connectivity index (χ1v) is 7.11. The van der Waals surface area contributed by atoms with Crippen LogP contribution in [0, 0.1) is 0 Å². The van der Waals surface area contributed by atoms with Crippen molar-refractivity contribution in [2.24, 2.45) is 0 Å². The van der Waals surface area contributed by atoms with E-state index in [9.17, 15) is 9.59 Å². The highest BCUT2D eigenvalue weighted by Crippen LogP contribution is 2.01. The summed E-state index contributed by atoms with van der Waals surface area (Å²) in [4.78, 5) is 21.3. The molecule has 0 saturated carbocycles. The second kappa shape index (κ2) is 10.2. The molecule has 0 unspecified atom stereocenters. The van der Waals surface area contributed by atoms with E-state index in [-0.39, 0.29) is 11.7 Å². The standard InChI is InChI=1S/C9H17NO3S2/c1-2-14-5-3-8(11)10-4-6-15-7-9(12)13/h2-7H2,1H3,(H,10,11)(H,12,13). The molecule has 15 heavy (non-hydrogen) atoms. The summed E-state index contributed by atoms with van der Waals surface area (Å²) in [7, 11) is 0. The number of aliphatic carboxylic acids is 1. The molecule has 0 aromatic heterocycles. The van der Waals surface area contributed by atoms with Crippen LogP contribution in [-0.2, 0) is 9.59 Å². The fourth-order valence-corrected chi connectivity index (χ4v) is 2.00. The molecule has 0 radical (unpaired) electrons. The second-order valence-corrected chi connectivity index (χ2v) is 5.24. The maximum Gasteiger partial charge on any atom is 0.313 e. The topological polar surface area (TPSA) is 66.4 Å². The number of amides is 1. The lowest BCUT2D eigenvalue weighted by atomic mass is 10.4. The predicted octanol–water partition coefficient (Wildman–Crippen LogP) is 1.06. The highest BCUT2D eigenvalue weighted by Gasteiger charge is 2.00.